The quantitative estimate of drug-likeness (QED) is 0.816. The van der Waals surface area contributed by atoms with Crippen molar-refractivity contribution in [3.05, 3.63) is 30.3 Å². The van der Waals surface area contributed by atoms with Crippen molar-refractivity contribution in [2.24, 2.45) is 5.10 Å². The van der Waals surface area contributed by atoms with Crippen molar-refractivity contribution in [2.75, 3.05) is 31.3 Å². The van der Waals surface area contributed by atoms with Gasteiger partial charge in [-0.05, 0) is 12.1 Å². The summed E-state index contributed by atoms with van der Waals surface area (Å²) < 4.78 is 11.4. The average molecular weight is 343 g/mol. The number of para-hydroxylation sites is 1. The first kappa shape index (κ1) is 16.2. The maximum atomic E-state index is 12.8. The van der Waals surface area contributed by atoms with Gasteiger partial charge in [-0.3, -0.25) is 9.59 Å². The first-order valence-electron chi connectivity index (χ1n) is 8.70. The number of hydrazone groups is 1. The summed E-state index contributed by atoms with van der Waals surface area (Å²) in [5.74, 6) is -0.689. The van der Waals surface area contributed by atoms with Gasteiger partial charge in [0.1, 0.15) is 5.71 Å². The van der Waals surface area contributed by atoms with Crippen molar-refractivity contribution in [3.63, 3.8) is 0 Å². The van der Waals surface area contributed by atoms with E-state index in [1.165, 1.54) is 5.01 Å². The number of rotatable bonds is 2. The topological polar surface area (TPSA) is 71.4 Å². The summed E-state index contributed by atoms with van der Waals surface area (Å²) in [5.41, 5.74) is 1.12. The second-order valence-corrected chi connectivity index (χ2v) is 6.49. The van der Waals surface area contributed by atoms with Gasteiger partial charge in [0, 0.05) is 38.8 Å². The summed E-state index contributed by atoms with van der Waals surface area (Å²) in [4.78, 5) is 26.8. The van der Waals surface area contributed by atoms with Gasteiger partial charge in [0.25, 0.3) is 5.91 Å². The molecule has 0 atom stereocenters. The maximum absolute atomic E-state index is 12.8. The Morgan fingerprint density at radius 3 is 2.40 bits per heavy atom. The number of likely N-dealkylation sites (tertiary alicyclic amines) is 1. The number of ether oxygens (including phenoxy) is 2. The molecule has 3 aliphatic rings. The molecule has 0 aromatic heterocycles. The molecule has 1 aromatic carbocycles. The third kappa shape index (κ3) is 3.17. The normalized spacial score (nSPS) is 23.0. The van der Waals surface area contributed by atoms with Crippen molar-refractivity contribution >= 4 is 23.2 Å². The van der Waals surface area contributed by atoms with Crippen LogP contribution < -0.4 is 5.01 Å². The number of amides is 2. The molecule has 0 bridgehead atoms. The van der Waals surface area contributed by atoms with Crippen LogP contribution in [0.2, 0.25) is 0 Å². The predicted octanol–water partition coefficient (Wildman–Crippen LogP) is 1.53. The number of piperidine rings is 1. The summed E-state index contributed by atoms with van der Waals surface area (Å²) in [6, 6.07) is 9.20. The highest BCUT2D eigenvalue weighted by Gasteiger charge is 2.41. The van der Waals surface area contributed by atoms with Gasteiger partial charge >= 0.3 is 0 Å². The Morgan fingerprint density at radius 2 is 1.72 bits per heavy atom. The van der Waals surface area contributed by atoms with Gasteiger partial charge in [-0.25, -0.2) is 5.01 Å². The second-order valence-electron chi connectivity index (χ2n) is 6.49. The predicted molar refractivity (Wildman–Crippen MR) is 91.0 cm³/mol. The zero-order valence-electron chi connectivity index (χ0n) is 14.0. The minimum atomic E-state index is -0.503. The Bertz CT molecular complexity index is 688. The van der Waals surface area contributed by atoms with Gasteiger partial charge in [0.15, 0.2) is 5.79 Å². The van der Waals surface area contributed by atoms with E-state index in [4.69, 9.17) is 9.47 Å². The van der Waals surface area contributed by atoms with Crippen molar-refractivity contribution in [3.8, 4) is 0 Å². The van der Waals surface area contributed by atoms with E-state index in [1.807, 2.05) is 30.3 Å². The standard InChI is InChI=1S/C18H21N3O4/c22-16-7-6-15(19-21(16)14-4-2-1-3-5-14)17(23)20-10-8-18(9-11-20)24-12-13-25-18/h1-5H,6-13H2. The van der Waals surface area contributed by atoms with E-state index in [1.54, 1.807) is 4.90 Å². The lowest BCUT2D eigenvalue weighted by molar-refractivity contribution is -0.186. The third-order valence-electron chi connectivity index (χ3n) is 4.91. The number of carbonyl (C=O) groups excluding carboxylic acids is 2. The summed E-state index contributed by atoms with van der Waals surface area (Å²) >= 11 is 0. The van der Waals surface area contributed by atoms with Crippen LogP contribution in [-0.2, 0) is 19.1 Å². The minimum Gasteiger partial charge on any atom is -0.347 e. The lowest BCUT2D eigenvalue weighted by Gasteiger charge is -2.38. The van der Waals surface area contributed by atoms with E-state index in [0.717, 1.165) is 0 Å². The van der Waals surface area contributed by atoms with Gasteiger partial charge in [0.2, 0.25) is 5.91 Å². The van der Waals surface area contributed by atoms with Crippen LogP contribution >= 0.6 is 0 Å². The van der Waals surface area contributed by atoms with Crippen LogP contribution in [0.4, 0.5) is 5.69 Å². The Hall–Kier alpha value is -2.25. The average Bonchev–Trinajstić information content (AvgIpc) is 3.11. The summed E-state index contributed by atoms with van der Waals surface area (Å²) in [7, 11) is 0. The summed E-state index contributed by atoms with van der Waals surface area (Å²) in [6.45, 7) is 2.40. The van der Waals surface area contributed by atoms with E-state index in [9.17, 15) is 9.59 Å². The molecule has 2 fully saturated rings. The third-order valence-corrected chi connectivity index (χ3v) is 4.91. The fourth-order valence-electron chi connectivity index (χ4n) is 3.50. The highest BCUT2D eigenvalue weighted by atomic mass is 16.7. The first-order chi connectivity index (χ1) is 12.2. The lowest BCUT2D eigenvalue weighted by Crippen LogP contribution is -2.50. The fourth-order valence-corrected chi connectivity index (χ4v) is 3.50. The molecule has 7 heteroatoms. The molecule has 3 aliphatic heterocycles. The molecule has 132 valence electrons. The lowest BCUT2D eigenvalue weighted by atomic mass is 10.0. The van der Waals surface area contributed by atoms with Crippen molar-refractivity contribution < 1.29 is 19.1 Å². The van der Waals surface area contributed by atoms with E-state index < -0.39 is 5.79 Å². The van der Waals surface area contributed by atoms with Gasteiger partial charge in [0.05, 0.1) is 18.9 Å². The number of benzene rings is 1. The highest BCUT2D eigenvalue weighted by molar-refractivity contribution is 6.40. The van der Waals surface area contributed by atoms with Crippen molar-refractivity contribution in [1.82, 2.24) is 4.90 Å². The van der Waals surface area contributed by atoms with Crippen molar-refractivity contribution in [1.29, 1.82) is 0 Å². The van der Waals surface area contributed by atoms with Crippen LogP contribution in [0.15, 0.2) is 35.4 Å². The first-order valence-corrected chi connectivity index (χ1v) is 8.70. The van der Waals surface area contributed by atoms with Gasteiger partial charge < -0.3 is 14.4 Å². The largest absolute Gasteiger partial charge is 0.347 e. The molecule has 4 rings (SSSR count). The Balaban J connectivity index is 1.47. The molecule has 0 unspecified atom stereocenters. The number of carbonyl (C=O) groups is 2. The zero-order valence-corrected chi connectivity index (χ0v) is 14.0. The fraction of sp³-hybridized carbons (Fsp3) is 0.500. The minimum absolute atomic E-state index is 0.0897. The molecule has 2 amide bonds. The molecule has 1 aromatic rings. The van der Waals surface area contributed by atoms with Crippen LogP contribution in [0.3, 0.4) is 0 Å². The van der Waals surface area contributed by atoms with Crippen LogP contribution in [0.5, 0.6) is 0 Å². The monoisotopic (exact) mass is 343 g/mol. The van der Waals surface area contributed by atoms with Crippen LogP contribution in [0, 0.1) is 0 Å². The van der Waals surface area contributed by atoms with Crippen LogP contribution in [0.1, 0.15) is 25.7 Å². The second kappa shape index (κ2) is 6.57. The Kier molecular flexibility index (Phi) is 4.27. The number of hydrogen-bond acceptors (Lipinski definition) is 5. The van der Waals surface area contributed by atoms with Crippen molar-refractivity contribution in [2.45, 2.75) is 31.5 Å². The van der Waals surface area contributed by atoms with Gasteiger partial charge in [-0.15, -0.1) is 0 Å². The molecule has 0 N–H and O–H groups in total. The molecular weight excluding hydrogens is 322 g/mol. The van der Waals surface area contributed by atoms with E-state index in [-0.39, 0.29) is 11.8 Å². The molecule has 0 aliphatic carbocycles. The van der Waals surface area contributed by atoms with Crippen LogP contribution in [0.25, 0.3) is 0 Å². The smallest absolute Gasteiger partial charge is 0.270 e. The van der Waals surface area contributed by atoms with E-state index >= 15 is 0 Å². The molecule has 7 nitrogen and oxygen atoms in total. The molecule has 25 heavy (non-hydrogen) atoms. The van der Waals surface area contributed by atoms with E-state index in [0.29, 0.717) is 63.4 Å². The number of hydrogen-bond donors (Lipinski definition) is 0. The maximum Gasteiger partial charge on any atom is 0.270 e. The highest BCUT2D eigenvalue weighted by Crippen LogP contribution is 2.31. The molecular formula is C18H21N3O4. The van der Waals surface area contributed by atoms with E-state index in [2.05, 4.69) is 5.10 Å². The Labute approximate surface area is 146 Å². The molecule has 2 saturated heterocycles. The van der Waals surface area contributed by atoms with Gasteiger partial charge in [-0.1, -0.05) is 18.2 Å². The summed E-state index contributed by atoms with van der Waals surface area (Å²) in [6.07, 6.45) is 2.03. The van der Waals surface area contributed by atoms with Gasteiger partial charge in [-0.2, -0.15) is 5.10 Å². The molecule has 3 heterocycles. The molecule has 0 radical (unpaired) electrons. The van der Waals surface area contributed by atoms with Crippen LogP contribution in [-0.4, -0.2) is 54.5 Å². The summed E-state index contributed by atoms with van der Waals surface area (Å²) in [5, 5.41) is 5.68. The number of anilines is 1. The zero-order chi connectivity index (χ0) is 17.3. The Morgan fingerprint density at radius 1 is 1.04 bits per heavy atom. The SMILES string of the molecule is O=C(C1=NN(c2ccccc2)C(=O)CC1)N1CCC2(CC1)OCCO2. The molecule has 1 spiro atoms. The molecule has 0 saturated carbocycles. The number of nitrogens with zero attached hydrogens (tertiary/aromatic N) is 3.